The zero-order valence-electron chi connectivity index (χ0n) is 11.5. The first-order valence-electron chi connectivity index (χ1n) is 6.30. The summed E-state index contributed by atoms with van der Waals surface area (Å²) in [6.45, 7) is 2.99. The van der Waals surface area contributed by atoms with Crippen LogP contribution in [0.15, 0.2) is 41.3 Å². The SMILES string of the molecule is CCN(Cc1ccoc1)C(=O)Nc1cccnc1OC. The van der Waals surface area contributed by atoms with E-state index in [9.17, 15) is 4.79 Å². The molecule has 0 saturated carbocycles. The minimum absolute atomic E-state index is 0.208. The Morgan fingerprint density at radius 1 is 1.50 bits per heavy atom. The number of ether oxygens (including phenoxy) is 1. The molecule has 0 unspecified atom stereocenters. The van der Waals surface area contributed by atoms with Crippen molar-refractivity contribution < 1.29 is 13.9 Å². The smallest absolute Gasteiger partial charge is 0.322 e. The fraction of sp³-hybridized carbons (Fsp3) is 0.286. The summed E-state index contributed by atoms with van der Waals surface area (Å²) in [7, 11) is 1.51. The van der Waals surface area contributed by atoms with E-state index in [1.165, 1.54) is 7.11 Å². The summed E-state index contributed by atoms with van der Waals surface area (Å²) in [6.07, 6.45) is 4.82. The van der Waals surface area contributed by atoms with Gasteiger partial charge >= 0.3 is 6.03 Å². The van der Waals surface area contributed by atoms with Crippen molar-refractivity contribution >= 4 is 11.7 Å². The molecule has 0 aliphatic rings. The van der Waals surface area contributed by atoms with Gasteiger partial charge in [0.1, 0.15) is 5.69 Å². The van der Waals surface area contributed by atoms with E-state index in [0.717, 1.165) is 5.56 Å². The molecule has 0 bridgehead atoms. The van der Waals surface area contributed by atoms with Crippen LogP contribution in [0.4, 0.5) is 10.5 Å². The molecule has 0 spiro atoms. The summed E-state index contributed by atoms with van der Waals surface area (Å²) in [5.41, 5.74) is 1.49. The first-order valence-corrected chi connectivity index (χ1v) is 6.30. The van der Waals surface area contributed by atoms with Gasteiger partial charge in [-0.3, -0.25) is 0 Å². The number of hydrogen-bond donors (Lipinski definition) is 1. The van der Waals surface area contributed by atoms with E-state index >= 15 is 0 Å². The number of carbonyl (C=O) groups excluding carboxylic acids is 1. The lowest BCUT2D eigenvalue weighted by molar-refractivity contribution is 0.212. The second-order valence-electron chi connectivity index (χ2n) is 4.14. The molecule has 2 aromatic heterocycles. The lowest BCUT2D eigenvalue weighted by atomic mass is 10.3. The molecule has 6 heteroatoms. The molecule has 2 rings (SSSR count). The Morgan fingerprint density at radius 2 is 2.35 bits per heavy atom. The molecule has 6 nitrogen and oxygen atoms in total. The molecular formula is C14H17N3O3. The lowest BCUT2D eigenvalue weighted by Crippen LogP contribution is -2.34. The van der Waals surface area contributed by atoms with Gasteiger partial charge in [-0.15, -0.1) is 0 Å². The fourth-order valence-corrected chi connectivity index (χ4v) is 1.77. The Bertz CT molecular complexity index is 555. The number of furan rings is 1. The van der Waals surface area contributed by atoms with Crippen LogP contribution >= 0.6 is 0 Å². The highest BCUT2D eigenvalue weighted by Crippen LogP contribution is 2.20. The zero-order chi connectivity index (χ0) is 14.4. The van der Waals surface area contributed by atoms with Crippen molar-refractivity contribution in [2.45, 2.75) is 13.5 Å². The molecule has 0 aromatic carbocycles. The van der Waals surface area contributed by atoms with Crippen molar-refractivity contribution in [1.29, 1.82) is 0 Å². The quantitative estimate of drug-likeness (QED) is 0.911. The van der Waals surface area contributed by atoms with E-state index in [-0.39, 0.29) is 6.03 Å². The van der Waals surface area contributed by atoms with E-state index in [1.807, 2.05) is 13.0 Å². The molecule has 1 N–H and O–H groups in total. The second kappa shape index (κ2) is 6.60. The Hall–Kier alpha value is -2.50. The predicted molar refractivity (Wildman–Crippen MR) is 74.6 cm³/mol. The van der Waals surface area contributed by atoms with Gasteiger partial charge in [0, 0.05) is 18.3 Å². The van der Waals surface area contributed by atoms with Gasteiger partial charge in [0.05, 0.1) is 26.2 Å². The van der Waals surface area contributed by atoms with E-state index in [0.29, 0.717) is 24.7 Å². The fourth-order valence-electron chi connectivity index (χ4n) is 1.77. The number of nitrogens with one attached hydrogen (secondary N) is 1. The third-order valence-corrected chi connectivity index (χ3v) is 2.83. The topological polar surface area (TPSA) is 67.6 Å². The summed E-state index contributed by atoms with van der Waals surface area (Å²) in [4.78, 5) is 17.9. The van der Waals surface area contributed by atoms with Crippen molar-refractivity contribution in [2.24, 2.45) is 0 Å². The van der Waals surface area contributed by atoms with Crippen LogP contribution in [0.2, 0.25) is 0 Å². The lowest BCUT2D eigenvalue weighted by Gasteiger charge is -2.21. The molecule has 0 atom stereocenters. The Kier molecular flexibility index (Phi) is 4.60. The standard InChI is InChI=1S/C14H17N3O3/c1-3-17(9-11-6-8-20-10-11)14(18)16-12-5-4-7-15-13(12)19-2/h4-8,10H,3,9H2,1-2H3,(H,16,18). The Morgan fingerprint density at radius 3 is 3.00 bits per heavy atom. The zero-order valence-corrected chi connectivity index (χ0v) is 11.5. The van der Waals surface area contributed by atoms with Crippen LogP contribution in [0, 0.1) is 0 Å². The monoisotopic (exact) mass is 275 g/mol. The van der Waals surface area contributed by atoms with Crippen LogP contribution in [-0.2, 0) is 6.54 Å². The van der Waals surface area contributed by atoms with Crippen LogP contribution < -0.4 is 10.1 Å². The minimum Gasteiger partial charge on any atom is -0.480 e. The predicted octanol–water partition coefficient (Wildman–Crippen LogP) is 2.74. The average molecular weight is 275 g/mol. The van der Waals surface area contributed by atoms with Gasteiger partial charge in [-0.2, -0.15) is 0 Å². The van der Waals surface area contributed by atoms with Crippen molar-refractivity contribution in [1.82, 2.24) is 9.88 Å². The van der Waals surface area contributed by atoms with Crippen molar-refractivity contribution in [3.63, 3.8) is 0 Å². The highest BCUT2D eigenvalue weighted by molar-refractivity contribution is 5.90. The summed E-state index contributed by atoms with van der Waals surface area (Å²) < 4.78 is 10.1. The maximum Gasteiger partial charge on any atom is 0.322 e. The van der Waals surface area contributed by atoms with Gasteiger partial charge in [-0.1, -0.05) is 0 Å². The van der Waals surface area contributed by atoms with Gasteiger partial charge in [0.2, 0.25) is 5.88 Å². The normalized spacial score (nSPS) is 10.1. The van der Waals surface area contributed by atoms with Crippen molar-refractivity contribution in [3.8, 4) is 5.88 Å². The molecule has 0 saturated heterocycles. The van der Waals surface area contributed by atoms with Gasteiger partial charge < -0.3 is 19.4 Å². The van der Waals surface area contributed by atoms with Gasteiger partial charge in [0.15, 0.2) is 0 Å². The first-order chi connectivity index (χ1) is 9.74. The molecule has 0 aliphatic carbocycles. The highest BCUT2D eigenvalue weighted by Gasteiger charge is 2.15. The maximum absolute atomic E-state index is 12.2. The van der Waals surface area contributed by atoms with Gasteiger partial charge in [-0.25, -0.2) is 9.78 Å². The molecule has 0 aliphatic heterocycles. The molecular weight excluding hydrogens is 258 g/mol. The largest absolute Gasteiger partial charge is 0.480 e. The Labute approximate surface area is 117 Å². The molecule has 106 valence electrons. The number of amides is 2. The number of rotatable bonds is 5. The number of methoxy groups -OCH3 is 1. The summed E-state index contributed by atoms with van der Waals surface area (Å²) >= 11 is 0. The number of carbonyl (C=O) groups is 1. The summed E-state index contributed by atoms with van der Waals surface area (Å²) in [5.74, 6) is 0.389. The molecule has 2 amide bonds. The minimum atomic E-state index is -0.208. The highest BCUT2D eigenvalue weighted by atomic mass is 16.5. The van der Waals surface area contributed by atoms with Crippen LogP contribution in [0.25, 0.3) is 0 Å². The van der Waals surface area contributed by atoms with E-state index in [1.54, 1.807) is 35.8 Å². The average Bonchev–Trinajstić information content (AvgIpc) is 2.98. The first kappa shape index (κ1) is 13.9. The van der Waals surface area contributed by atoms with Crippen LogP contribution in [-0.4, -0.2) is 29.6 Å². The summed E-state index contributed by atoms with van der Waals surface area (Å²) in [6, 6.07) is 5.11. The van der Waals surface area contributed by atoms with Crippen molar-refractivity contribution in [2.75, 3.05) is 19.0 Å². The molecule has 2 heterocycles. The number of pyridine rings is 1. The number of urea groups is 1. The molecule has 0 fully saturated rings. The third-order valence-electron chi connectivity index (χ3n) is 2.83. The van der Waals surface area contributed by atoms with Crippen LogP contribution in [0.3, 0.4) is 0 Å². The number of hydrogen-bond acceptors (Lipinski definition) is 4. The summed E-state index contributed by atoms with van der Waals surface area (Å²) in [5, 5.41) is 2.79. The Balaban J connectivity index is 2.05. The van der Waals surface area contributed by atoms with Crippen LogP contribution in [0.5, 0.6) is 5.88 Å². The van der Waals surface area contributed by atoms with E-state index in [4.69, 9.17) is 9.15 Å². The van der Waals surface area contributed by atoms with Crippen molar-refractivity contribution in [3.05, 3.63) is 42.5 Å². The van der Waals surface area contributed by atoms with Gasteiger partial charge in [0.25, 0.3) is 0 Å². The maximum atomic E-state index is 12.2. The van der Waals surface area contributed by atoms with E-state index < -0.39 is 0 Å². The van der Waals surface area contributed by atoms with Crippen LogP contribution in [0.1, 0.15) is 12.5 Å². The number of aromatic nitrogens is 1. The van der Waals surface area contributed by atoms with Gasteiger partial charge in [-0.05, 0) is 25.1 Å². The molecule has 20 heavy (non-hydrogen) atoms. The molecule has 2 aromatic rings. The third kappa shape index (κ3) is 3.28. The molecule has 0 radical (unpaired) electrons. The number of anilines is 1. The van der Waals surface area contributed by atoms with E-state index in [2.05, 4.69) is 10.3 Å². The second-order valence-corrected chi connectivity index (χ2v) is 4.14. The number of nitrogens with zero attached hydrogens (tertiary/aromatic N) is 2.